The van der Waals surface area contributed by atoms with Crippen molar-refractivity contribution in [3.63, 3.8) is 0 Å². The maximum absolute atomic E-state index is 12.3. The monoisotopic (exact) mass is 325 g/mol. The number of benzene rings is 2. The molecule has 5 heteroatoms. The van der Waals surface area contributed by atoms with Crippen LogP contribution in [0.15, 0.2) is 48.5 Å². The third-order valence-corrected chi connectivity index (χ3v) is 4.27. The lowest BCUT2D eigenvalue weighted by molar-refractivity contribution is -0.121. The second-order valence-corrected chi connectivity index (χ2v) is 5.99. The van der Waals surface area contributed by atoms with Crippen molar-refractivity contribution in [3.8, 4) is 5.75 Å². The largest absolute Gasteiger partial charge is 0.493 e. The molecule has 1 heterocycles. The third-order valence-electron chi connectivity index (χ3n) is 4.27. The second-order valence-electron chi connectivity index (χ2n) is 5.99. The molecule has 2 atom stereocenters. The molecule has 0 radical (unpaired) electrons. The van der Waals surface area contributed by atoms with Crippen LogP contribution in [0.4, 0.5) is 0 Å². The van der Waals surface area contributed by atoms with Gasteiger partial charge in [0.1, 0.15) is 5.75 Å². The molecule has 2 aromatic carbocycles. The molecular formula is C19H19NO4. The fraction of sp³-hybridized carbons (Fsp3) is 0.263. The van der Waals surface area contributed by atoms with Crippen molar-refractivity contribution in [1.29, 1.82) is 0 Å². The van der Waals surface area contributed by atoms with Crippen LogP contribution in [0.2, 0.25) is 0 Å². The summed E-state index contributed by atoms with van der Waals surface area (Å²) in [5, 5.41) is 12.0. The predicted octanol–water partition coefficient (Wildman–Crippen LogP) is 2.61. The van der Waals surface area contributed by atoms with E-state index in [1.165, 1.54) is 12.1 Å². The Morgan fingerprint density at radius 1 is 1.25 bits per heavy atom. The first kappa shape index (κ1) is 16.1. The molecule has 124 valence electrons. The molecule has 2 N–H and O–H groups in total. The number of nitrogens with one attached hydrogen (secondary N) is 1. The summed E-state index contributed by atoms with van der Waals surface area (Å²) < 4.78 is 5.66. The molecule has 0 bridgehead atoms. The highest BCUT2D eigenvalue weighted by Crippen LogP contribution is 2.35. The van der Waals surface area contributed by atoms with Crippen molar-refractivity contribution in [3.05, 3.63) is 65.2 Å². The van der Waals surface area contributed by atoms with Gasteiger partial charge in [0.05, 0.1) is 18.6 Å². The van der Waals surface area contributed by atoms with Gasteiger partial charge in [-0.25, -0.2) is 4.79 Å². The quantitative estimate of drug-likeness (QED) is 0.886. The van der Waals surface area contributed by atoms with E-state index in [-0.39, 0.29) is 29.9 Å². The van der Waals surface area contributed by atoms with E-state index in [0.717, 1.165) is 11.3 Å². The Labute approximate surface area is 140 Å². The number of carboxylic acids is 1. The number of hydrogen-bond donors (Lipinski definition) is 2. The second kappa shape index (κ2) is 6.74. The minimum Gasteiger partial charge on any atom is -0.493 e. The van der Waals surface area contributed by atoms with Gasteiger partial charge in [0, 0.05) is 17.5 Å². The standard InChI is InChI=1S/C19H19NO4/c1-12(16-11-24-17-8-3-2-7-15(16)17)20-18(21)10-13-5-4-6-14(9-13)19(22)23/h2-9,12,16H,10-11H2,1H3,(H,20,21)(H,22,23). The van der Waals surface area contributed by atoms with Gasteiger partial charge in [0.15, 0.2) is 0 Å². The average molecular weight is 325 g/mol. The summed E-state index contributed by atoms with van der Waals surface area (Å²) in [6.07, 6.45) is 0.153. The number of carbonyl (C=O) groups excluding carboxylic acids is 1. The van der Waals surface area contributed by atoms with Crippen molar-refractivity contribution >= 4 is 11.9 Å². The number of amides is 1. The van der Waals surface area contributed by atoms with Crippen LogP contribution < -0.4 is 10.1 Å². The number of fused-ring (bicyclic) bond motifs is 1. The maximum Gasteiger partial charge on any atom is 0.335 e. The first-order valence-electron chi connectivity index (χ1n) is 7.88. The molecule has 0 saturated carbocycles. The van der Waals surface area contributed by atoms with Crippen LogP contribution in [0.1, 0.15) is 34.3 Å². The molecule has 0 saturated heterocycles. The molecule has 2 aromatic rings. The lowest BCUT2D eigenvalue weighted by Crippen LogP contribution is -2.38. The number of para-hydroxylation sites is 1. The van der Waals surface area contributed by atoms with Crippen LogP contribution in [0.25, 0.3) is 0 Å². The van der Waals surface area contributed by atoms with Crippen molar-refractivity contribution in [1.82, 2.24) is 5.32 Å². The molecule has 2 unspecified atom stereocenters. The topological polar surface area (TPSA) is 75.6 Å². The van der Waals surface area contributed by atoms with E-state index in [0.29, 0.717) is 12.2 Å². The Morgan fingerprint density at radius 3 is 2.83 bits per heavy atom. The Kier molecular flexibility index (Phi) is 4.51. The van der Waals surface area contributed by atoms with Gasteiger partial charge in [-0.05, 0) is 30.7 Å². The molecule has 1 aliphatic rings. The predicted molar refractivity (Wildman–Crippen MR) is 89.4 cm³/mol. The molecule has 1 amide bonds. The van der Waals surface area contributed by atoms with E-state index >= 15 is 0 Å². The number of ether oxygens (including phenoxy) is 1. The third kappa shape index (κ3) is 3.40. The van der Waals surface area contributed by atoms with Gasteiger partial charge in [0.2, 0.25) is 5.91 Å². The SMILES string of the molecule is CC(NC(=O)Cc1cccc(C(=O)O)c1)C1COc2ccccc21. The van der Waals surface area contributed by atoms with E-state index < -0.39 is 5.97 Å². The summed E-state index contributed by atoms with van der Waals surface area (Å²) >= 11 is 0. The lowest BCUT2D eigenvalue weighted by Gasteiger charge is -2.20. The van der Waals surface area contributed by atoms with Crippen LogP contribution in [0.5, 0.6) is 5.75 Å². The molecule has 0 aromatic heterocycles. The molecule has 0 aliphatic carbocycles. The van der Waals surface area contributed by atoms with Gasteiger partial charge in [-0.2, -0.15) is 0 Å². The average Bonchev–Trinajstić information content (AvgIpc) is 2.99. The molecule has 1 aliphatic heterocycles. The molecule has 24 heavy (non-hydrogen) atoms. The zero-order valence-corrected chi connectivity index (χ0v) is 13.4. The fourth-order valence-electron chi connectivity index (χ4n) is 3.01. The molecule has 3 rings (SSSR count). The summed E-state index contributed by atoms with van der Waals surface area (Å²) in [5.41, 5.74) is 1.98. The van der Waals surface area contributed by atoms with E-state index in [9.17, 15) is 9.59 Å². The van der Waals surface area contributed by atoms with Crippen LogP contribution in [0, 0.1) is 0 Å². The number of hydrogen-bond acceptors (Lipinski definition) is 3. The highest BCUT2D eigenvalue weighted by atomic mass is 16.5. The zero-order chi connectivity index (χ0) is 17.1. The molecule has 0 fully saturated rings. The number of aromatic carboxylic acids is 1. The van der Waals surface area contributed by atoms with E-state index in [1.54, 1.807) is 12.1 Å². The van der Waals surface area contributed by atoms with E-state index in [2.05, 4.69) is 5.32 Å². The van der Waals surface area contributed by atoms with Crippen LogP contribution >= 0.6 is 0 Å². The maximum atomic E-state index is 12.3. The number of rotatable bonds is 5. The smallest absolute Gasteiger partial charge is 0.335 e. The van der Waals surface area contributed by atoms with Crippen molar-refractivity contribution in [2.75, 3.05) is 6.61 Å². The summed E-state index contributed by atoms with van der Waals surface area (Å²) in [5.74, 6) is -0.131. The fourth-order valence-corrected chi connectivity index (χ4v) is 3.01. The van der Waals surface area contributed by atoms with Gasteiger partial charge >= 0.3 is 5.97 Å². The highest BCUT2D eigenvalue weighted by molar-refractivity contribution is 5.88. The Balaban J connectivity index is 1.63. The number of carbonyl (C=O) groups is 2. The Hall–Kier alpha value is -2.82. The molecule has 5 nitrogen and oxygen atoms in total. The first-order valence-corrected chi connectivity index (χ1v) is 7.88. The summed E-state index contributed by atoms with van der Waals surface area (Å²) in [7, 11) is 0. The number of carboxylic acid groups (broad SMARTS) is 1. The minimum atomic E-state index is -0.995. The zero-order valence-electron chi connectivity index (χ0n) is 13.4. The van der Waals surface area contributed by atoms with Gasteiger partial charge in [-0.3, -0.25) is 4.79 Å². The summed E-state index contributed by atoms with van der Waals surface area (Å²) in [6, 6.07) is 14.2. The Bertz CT molecular complexity index is 771. The summed E-state index contributed by atoms with van der Waals surface area (Å²) in [4.78, 5) is 23.3. The Morgan fingerprint density at radius 2 is 2.04 bits per heavy atom. The first-order chi connectivity index (χ1) is 11.5. The van der Waals surface area contributed by atoms with Crippen molar-refractivity contribution < 1.29 is 19.4 Å². The van der Waals surface area contributed by atoms with Gasteiger partial charge in [-0.1, -0.05) is 30.3 Å². The molecule has 0 spiro atoms. The minimum absolute atomic E-state index is 0.0659. The van der Waals surface area contributed by atoms with Crippen molar-refractivity contribution in [2.45, 2.75) is 25.3 Å². The van der Waals surface area contributed by atoms with E-state index in [1.807, 2.05) is 31.2 Å². The van der Waals surface area contributed by atoms with Gasteiger partial charge in [0.25, 0.3) is 0 Å². The van der Waals surface area contributed by atoms with Crippen LogP contribution in [-0.2, 0) is 11.2 Å². The molecular weight excluding hydrogens is 306 g/mol. The lowest BCUT2D eigenvalue weighted by atomic mass is 9.94. The highest BCUT2D eigenvalue weighted by Gasteiger charge is 2.29. The van der Waals surface area contributed by atoms with Gasteiger partial charge < -0.3 is 15.2 Å². The normalized spacial score (nSPS) is 16.8. The van der Waals surface area contributed by atoms with Gasteiger partial charge in [-0.15, -0.1) is 0 Å². The van der Waals surface area contributed by atoms with Crippen LogP contribution in [-0.4, -0.2) is 29.6 Å². The van der Waals surface area contributed by atoms with Crippen molar-refractivity contribution in [2.24, 2.45) is 0 Å². The van der Waals surface area contributed by atoms with E-state index in [4.69, 9.17) is 9.84 Å². The van der Waals surface area contributed by atoms with Crippen LogP contribution in [0.3, 0.4) is 0 Å². The summed E-state index contributed by atoms with van der Waals surface area (Å²) in [6.45, 7) is 2.51.